The van der Waals surface area contributed by atoms with Gasteiger partial charge in [0.1, 0.15) is 5.82 Å². The third-order valence-electron chi connectivity index (χ3n) is 5.14. The highest BCUT2D eigenvalue weighted by Crippen LogP contribution is 2.26. The van der Waals surface area contributed by atoms with Gasteiger partial charge in [0, 0.05) is 23.6 Å². The van der Waals surface area contributed by atoms with Gasteiger partial charge in [-0.3, -0.25) is 9.52 Å². The Morgan fingerprint density at radius 1 is 1.06 bits per heavy atom. The van der Waals surface area contributed by atoms with Gasteiger partial charge in [-0.05, 0) is 67.1 Å². The molecule has 1 aromatic heterocycles. The number of nitrogens with one attached hydrogen (secondary N) is 2. The first-order valence-electron chi connectivity index (χ1n) is 10.2. The first-order chi connectivity index (χ1) is 16.2. The lowest BCUT2D eigenvalue weighted by Gasteiger charge is -2.16. The minimum Gasteiger partial charge on any atom is -0.346 e. The maximum atomic E-state index is 13.1. The maximum Gasteiger partial charge on any atom is 0.261 e. The van der Waals surface area contributed by atoms with Crippen LogP contribution in [0.1, 0.15) is 28.9 Å². The third-order valence-corrected chi connectivity index (χ3v) is 6.85. The molecule has 174 valence electrons. The van der Waals surface area contributed by atoms with Crippen molar-refractivity contribution in [2.75, 3.05) is 4.72 Å². The van der Waals surface area contributed by atoms with Crippen molar-refractivity contribution in [2.24, 2.45) is 0 Å². The topological polar surface area (TPSA) is 93.1 Å². The van der Waals surface area contributed by atoms with Gasteiger partial charge >= 0.3 is 0 Å². The molecule has 0 aliphatic heterocycles. The van der Waals surface area contributed by atoms with Crippen LogP contribution < -0.4 is 10.0 Å². The van der Waals surface area contributed by atoms with Gasteiger partial charge in [0.15, 0.2) is 0 Å². The number of carbonyl (C=O) groups is 1. The predicted octanol–water partition coefficient (Wildman–Crippen LogP) is 4.96. The number of nitrogens with zero attached hydrogens (tertiary/aromatic N) is 2. The van der Waals surface area contributed by atoms with Crippen LogP contribution in [0, 0.1) is 5.82 Å². The molecule has 34 heavy (non-hydrogen) atoms. The highest BCUT2D eigenvalue weighted by molar-refractivity contribution is 7.92. The van der Waals surface area contributed by atoms with Gasteiger partial charge in [0.05, 0.1) is 28.0 Å². The van der Waals surface area contributed by atoms with E-state index in [2.05, 4.69) is 15.0 Å². The van der Waals surface area contributed by atoms with E-state index < -0.39 is 21.7 Å². The fourth-order valence-corrected chi connectivity index (χ4v) is 4.56. The van der Waals surface area contributed by atoms with Crippen molar-refractivity contribution < 1.29 is 17.6 Å². The van der Waals surface area contributed by atoms with Crippen molar-refractivity contribution in [3.63, 3.8) is 0 Å². The van der Waals surface area contributed by atoms with Gasteiger partial charge < -0.3 is 9.88 Å². The van der Waals surface area contributed by atoms with E-state index in [1.54, 1.807) is 12.5 Å². The second-order valence-electron chi connectivity index (χ2n) is 7.51. The summed E-state index contributed by atoms with van der Waals surface area (Å²) in [5, 5.41) is 3.01. The summed E-state index contributed by atoms with van der Waals surface area (Å²) < 4.78 is 42.6. The van der Waals surface area contributed by atoms with Gasteiger partial charge in [-0.15, -0.1) is 0 Å². The molecule has 0 unspecified atom stereocenters. The van der Waals surface area contributed by atoms with E-state index in [1.165, 1.54) is 18.2 Å². The number of amides is 1. The Bertz CT molecular complexity index is 1410. The fourth-order valence-electron chi connectivity index (χ4n) is 3.27. The molecule has 4 aromatic rings. The molecular weight excluding hydrogens is 479 g/mol. The summed E-state index contributed by atoms with van der Waals surface area (Å²) in [6, 6.07) is 16.0. The van der Waals surface area contributed by atoms with Crippen LogP contribution in [0.25, 0.3) is 5.69 Å². The van der Waals surface area contributed by atoms with Crippen LogP contribution in [0.3, 0.4) is 0 Å². The van der Waals surface area contributed by atoms with Crippen molar-refractivity contribution in [1.29, 1.82) is 0 Å². The van der Waals surface area contributed by atoms with Crippen LogP contribution in [-0.2, 0) is 10.0 Å². The lowest BCUT2D eigenvalue weighted by molar-refractivity contribution is 0.0940. The van der Waals surface area contributed by atoms with Crippen molar-refractivity contribution in [3.8, 4) is 5.69 Å². The number of benzene rings is 3. The van der Waals surface area contributed by atoms with Crippen molar-refractivity contribution >= 4 is 33.2 Å². The summed E-state index contributed by atoms with van der Waals surface area (Å²) >= 11 is 6.15. The van der Waals surface area contributed by atoms with Crippen molar-refractivity contribution in [1.82, 2.24) is 14.9 Å². The van der Waals surface area contributed by atoms with Gasteiger partial charge in [0.25, 0.3) is 15.9 Å². The third kappa shape index (κ3) is 5.27. The van der Waals surface area contributed by atoms with Crippen LogP contribution in [0.15, 0.2) is 90.3 Å². The average molecular weight is 499 g/mol. The molecule has 0 fully saturated rings. The predicted molar refractivity (Wildman–Crippen MR) is 128 cm³/mol. The van der Waals surface area contributed by atoms with Crippen molar-refractivity contribution in [2.45, 2.75) is 17.9 Å². The molecule has 0 saturated carbocycles. The molecule has 10 heteroatoms. The zero-order chi connectivity index (χ0) is 24.3. The molecule has 3 aromatic carbocycles. The van der Waals surface area contributed by atoms with Crippen LogP contribution in [0.2, 0.25) is 5.02 Å². The molecule has 0 aliphatic rings. The van der Waals surface area contributed by atoms with E-state index in [-0.39, 0.29) is 27.2 Å². The van der Waals surface area contributed by atoms with Gasteiger partial charge in [0.2, 0.25) is 0 Å². The number of anilines is 1. The Labute approximate surface area is 201 Å². The summed E-state index contributed by atoms with van der Waals surface area (Å²) in [6.07, 6.45) is 5.22. The number of halogens is 2. The van der Waals surface area contributed by atoms with E-state index in [4.69, 9.17) is 11.6 Å². The normalized spacial score (nSPS) is 12.2. The van der Waals surface area contributed by atoms with Gasteiger partial charge in [-0.2, -0.15) is 0 Å². The number of sulfonamides is 1. The zero-order valence-corrected chi connectivity index (χ0v) is 19.5. The minimum absolute atomic E-state index is 0.0379. The molecule has 0 bridgehead atoms. The Morgan fingerprint density at radius 2 is 1.76 bits per heavy atom. The minimum atomic E-state index is -4.02. The summed E-state index contributed by atoms with van der Waals surface area (Å²) in [7, 11) is -4.02. The molecule has 0 saturated heterocycles. The van der Waals surface area contributed by atoms with Crippen LogP contribution in [0.4, 0.5) is 10.1 Å². The molecule has 2 N–H and O–H groups in total. The number of imidazole rings is 1. The molecule has 1 heterocycles. The number of hydrogen-bond acceptors (Lipinski definition) is 4. The van der Waals surface area contributed by atoms with E-state index in [0.29, 0.717) is 0 Å². The first kappa shape index (κ1) is 23.5. The highest BCUT2D eigenvalue weighted by Gasteiger charge is 2.18. The van der Waals surface area contributed by atoms with Gasteiger partial charge in [-0.1, -0.05) is 23.7 Å². The summed E-state index contributed by atoms with van der Waals surface area (Å²) in [4.78, 5) is 16.7. The van der Waals surface area contributed by atoms with E-state index in [0.717, 1.165) is 35.5 Å². The van der Waals surface area contributed by atoms with Crippen LogP contribution >= 0.6 is 11.6 Å². The fraction of sp³-hybridized carbons (Fsp3) is 0.0833. The zero-order valence-electron chi connectivity index (χ0n) is 17.9. The second-order valence-corrected chi connectivity index (χ2v) is 9.60. The van der Waals surface area contributed by atoms with Gasteiger partial charge in [-0.25, -0.2) is 17.8 Å². The number of rotatable bonds is 7. The molecule has 1 atom stereocenters. The SMILES string of the molecule is C[C@@H](NC(=O)c1ccc(Cl)c(NS(=O)(=O)c2ccc(F)cc2)c1)c1ccc(-n2ccnc2)cc1. The average Bonchev–Trinajstić information content (AvgIpc) is 3.36. The van der Waals surface area contributed by atoms with E-state index >= 15 is 0 Å². The molecule has 1 amide bonds. The Kier molecular flexibility index (Phi) is 6.67. The lowest BCUT2D eigenvalue weighted by Crippen LogP contribution is -2.26. The molecule has 4 rings (SSSR count). The number of aromatic nitrogens is 2. The van der Waals surface area contributed by atoms with Crippen LogP contribution in [-0.4, -0.2) is 23.9 Å². The van der Waals surface area contributed by atoms with Crippen molar-refractivity contribution in [3.05, 3.63) is 107 Å². The van der Waals surface area contributed by atoms with E-state index in [9.17, 15) is 17.6 Å². The Hall–Kier alpha value is -3.69. The molecule has 0 radical (unpaired) electrons. The standard InChI is InChI=1S/C24H20ClFN4O3S/c1-16(17-2-7-20(8-3-17)30-13-12-27-15-30)28-24(31)18-4-11-22(25)23(14-18)29-34(32,33)21-9-5-19(26)6-10-21/h2-16,29H,1H3,(H,28,31)/t16-/m1/s1. The monoisotopic (exact) mass is 498 g/mol. The summed E-state index contributed by atoms with van der Waals surface area (Å²) in [6.45, 7) is 1.85. The Morgan fingerprint density at radius 3 is 2.41 bits per heavy atom. The van der Waals surface area contributed by atoms with Crippen LogP contribution in [0.5, 0.6) is 0 Å². The highest BCUT2D eigenvalue weighted by atomic mass is 35.5. The second kappa shape index (κ2) is 9.66. The molecular formula is C24H20ClFN4O3S. The molecule has 0 aliphatic carbocycles. The smallest absolute Gasteiger partial charge is 0.261 e. The quantitative estimate of drug-likeness (QED) is 0.377. The Balaban J connectivity index is 1.48. The summed E-state index contributed by atoms with van der Waals surface area (Å²) in [5.41, 5.74) is 2.10. The number of hydrogen-bond donors (Lipinski definition) is 2. The van der Waals surface area contributed by atoms with E-state index in [1.807, 2.05) is 42.0 Å². The first-order valence-corrected chi connectivity index (χ1v) is 12.1. The number of carbonyl (C=O) groups excluding carboxylic acids is 1. The maximum absolute atomic E-state index is 13.1. The lowest BCUT2D eigenvalue weighted by atomic mass is 10.1. The molecule has 7 nitrogen and oxygen atoms in total. The summed E-state index contributed by atoms with van der Waals surface area (Å²) in [5.74, 6) is -0.953. The largest absolute Gasteiger partial charge is 0.346 e. The molecule has 0 spiro atoms.